The largest absolute Gasteiger partial charge is 0.351 e. The lowest BCUT2D eigenvalue weighted by molar-refractivity contribution is 0.0956. The molecule has 7 heteroatoms. The van der Waals surface area contributed by atoms with Crippen LogP contribution in [0.2, 0.25) is 0 Å². The molecule has 168 valence electrons. The minimum Gasteiger partial charge on any atom is -0.351 e. The van der Waals surface area contributed by atoms with Crippen molar-refractivity contribution in [3.63, 3.8) is 0 Å². The summed E-state index contributed by atoms with van der Waals surface area (Å²) < 4.78 is 26.9. The highest BCUT2D eigenvalue weighted by Gasteiger charge is 2.21. The average Bonchev–Trinajstić information content (AvgIpc) is 2.80. The van der Waals surface area contributed by atoms with Crippen LogP contribution in [0.25, 0.3) is 0 Å². The van der Waals surface area contributed by atoms with Crippen molar-refractivity contribution in [3.05, 3.63) is 95.1 Å². The zero-order chi connectivity index (χ0) is 23.1. The normalized spacial score (nSPS) is 11.2. The van der Waals surface area contributed by atoms with Crippen LogP contribution in [0, 0.1) is 13.8 Å². The first-order chi connectivity index (χ1) is 15.3. The average molecular weight is 469 g/mol. The number of sulfonamides is 1. The quantitative estimate of drug-likeness (QED) is 0.459. The summed E-state index contributed by atoms with van der Waals surface area (Å²) in [5.41, 5.74) is 4.51. The standard InChI is InChI=1S/C25H28N2O3S2/c1-19-4-8-21(9-5-19)18-31-17-16-26-25(28)22-10-12-23(13-11-22)27(3)32(29,30)24-14-6-20(2)7-15-24/h4-15H,16-18H2,1-3H3,(H,26,28). The van der Waals surface area contributed by atoms with Crippen LogP contribution >= 0.6 is 11.8 Å². The SMILES string of the molecule is Cc1ccc(CSCCNC(=O)c2ccc(N(C)S(=O)(=O)c3ccc(C)cc3)cc2)cc1. The molecule has 0 aliphatic heterocycles. The van der Waals surface area contributed by atoms with Crippen LogP contribution in [0.3, 0.4) is 0 Å². The molecule has 0 heterocycles. The molecule has 0 saturated carbocycles. The molecule has 0 atom stereocenters. The Labute approximate surface area is 194 Å². The number of thioether (sulfide) groups is 1. The topological polar surface area (TPSA) is 66.5 Å². The van der Waals surface area contributed by atoms with Crippen LogP contribution in [0.4, 0.5) is 5.69 Å². The van der Waals surface area contributed by atoms with Gasteiger partial charge in [-0.05, 0) is 55.8 Å². The van der Waals surface area contributed by atoms with Gasteiger partial charge in [0.15, 0.2) is 0 Å². The molecule has 0 aliphatic rings. The third kappa shape index (κ3) is 6.14. The zero-order valence-corrected chi connectivity index (χ0v) is 20.2. The summed E-state index contributed by atoms with van der Waals surface area (Å²) in [5, 5.41) is 2.91. The van der Waals surface area contributed by atoms with E-state index in [1.54, 1.807) is 60.3 Å². The lowest BCUT2D eigenvalue weighted by atomic mass is 10.2. The number of nitrogens with one attached hydrogen (secondary N) is 1. The molecule has 3 aromatic carbocycles. The Morgan fingerprint density at radius 1 is 0.875 bits per heavy atom. The maximum Gasteiger partial charge on any atom is 0.264 e. The molecule has 0 fully saturated rings. The predicted molar refractivity (Wildman–Crippen MR) is 133 cm³/mol. The molecule has 0 aromatic heterocycles. The third-order valence-corrected chi connectivity index (χ3v) is 7.92. The first kappa shape index (κ1) is 23.9. The van der Waals surface area contributed by atoms with Gasteiger partial charge in [0.05, 0.1) is 10.6 Å². The molecule has 0 spiro atoms. The summed E-state index contributed by atoms with van der Waals surface area (Å²) in [6, 6.07) is 21.8. The van der Waals surface area contributed by atoms with Crippen molar-refractivity contribution in [3.8, 4) is 0 Å². The smallest absolute Gasteiger partial charge is 0.264 e. The molecule has 3 aromatic rings. The van der Waals surface area contributed by atoms with Gasteiger partial charge in [0.2, 0.25) is 0 Å². The maximum absolute atomic E-state index is 12.8. The number of carbonyl (C=O) groups excluding carboxylic acids is 1. The molecule has 32 heavy (non-hydrogen) atoms. The van der Waals surface area contributed by atoms with Crippen molar-refractivity contribution < 1.29 is 13.2 Å². The van der Waals surface area contributed by atoms with Crippen molar-refractivity contribution >= 4 is 33.4 Å². The lowest BCUT2D eigenvalue weighted by Gasteiger charge is -2.20. The number of carbonyl (C=O) groups is 1. The van der Waals surface area contributed by atoms with E-state index in [2.05, 4.69) is 36.5 Å². The van der Waals surface area contributed by atoms with Gasteiger partial charge in [-0.3, -0.25) is 9.10 Å². The number of rotatable bonds is 9. The van der Waals surface area contributed by atoms with Gasteiger partial charge < -0.3 is 5.32 Å². The van der Waals surface area contributed by atoms with E-state index in [9.17, 15) is 13.2 Å². The van der Waals surface area contributed by atoms with Crippen LogP contribution in [0.1, 0.15) is 27.0 Å². The molecule has 0 aliphatic carbocycles. The Kier molecular flexibility index (Phi) is 7.99. The first-order valence-corrected chi connectivity index (χ1v) is 12.9. The van der Waals surface area contributed by atoms with Gasteiger partial charge in [0.25, 0.3) is 15.9 Å². The van der Waals surface area contributed by atoms with E-state index in [-0.39, 0.29) is 10.8 Å². The highest BCUT2D eigenvalue weighted by Crippen LogP contribution is 2.22. The van der Waals surface area contributed by atoms with Crippen molar-refractivity contribution in [2.24, 2.45) is 0 Å². The summed E-state index contributed by atoms with van der Waals surface area (Å²) in [7, 11) is -2.15. The van der Waals surface area contributed by atoms with E-state index in [0.29, 0.717) is 17.8 Å². The molecular weight excluding hydrogens is 440 g/mol. The van der Waals surface area contributed by atoms with Gasteiger partial charge in [-0.1, -0.05) is 47.5 Å². The fraction of sp³-hybridized carbons (Fsp3) is 0.240. The van der Waals surface area contributed by atoms with Crippen molar-refractivity contribution in [2.45, 2.75) is 24.5 Å². The van der Waals surface area contributed by atoms with Crippen molar-refractivity contribution in [1.82, 2.24) is 5.32 Å². The second-order valence-corrected chi connectivity index (χ2v) is 10.7. The minimum atomic E-state index is -3.66. The van der Waals surface area contributed by atoms with Gasteiger partial charge in [-0.15, -0.1) is 0 Å². The van der Waals surface area contributed by atoms with Crippen LogP contribution in [0.5, 0.6) is 0 Å². The minimum absolute atomic E-state index is 0.170. The summed E-state index contributed by atoms with van der Waals surface area (Å²) in [6.45, 7) is 4.55. The van der Waals surface area contributed by atoms with Crippen molar-refractivity contribution in [2.75, 3.05) is 23.7 Å². The van der Waals surface area contributed by atoms with Crippen LogP contribution < -0.4 is 9.62 Å². The van der Waals surface area contributed by atoms with Gasteiger partial charge in [0, 0.05) is 30.7 Å². The highest BCUT2D eigenvalue weighted by molar-refractivity contribution is 7.98. The van der Waals surface area contributed by atoms with E-state index in [1.807, 2.05) is 6.92 Å². The van der Waals surface area contributed by atoms with E-state index >= 15 is 0 Å². The van der Waals surface area contributed by atoms with E-state index in [4.69, 9.17) is 0 Å². The second kappa shape index (κ2) is 10.7. The number of hydrogen-bond acceptors (Lipinski definition) is 4. The van der Waals surface area contributed by atoms with E-state index in [0.717, 1.165) is 17.1 Å². The van der Waals surface area contributed by atoms with Gasteiger partial charge in [-0.25, -0.2) is 8.42 Å². The molecule has 1 N–H and O–H groups in total. The van der Waals surface area contributed by atoms with Crippen LogP contribution in [-0.2, 0) is 15.8 Å². The Morgan fingerprint density at radius 2 is 1.44 bits per heavy atom. The maximum atomic E-state index is 12.8. The molecular formula is C25H28N2O3S2. The third-order valence-electron chi connectivity index (χ3n) is 5.09. The zero-order valence-electron chi connectivity index (χ0n) is 18.5. The van der Waals surface area contributed by atoms with E-state index < -0.39 is 10.0 Å². The summed E-state index contributed by atoms with van der Waals surface area (Å²) in [5.74, 6) is 1.55. The Morgan fingerprint density at radius 3 is 2.03 bits per heavy atom. The predicted octanol–water partition coefficient (Wildman–Crippen LogP) is 4.79. The summed E-state index contributed by atoms with van der Waals surface area (Å²) in [4.78, 5) is 12.6. The number of benzene rings is 3. The van der Waals surface area contributed by atoms with Crippen LogP contribution in [0.15, 0.2) is 77.7 Å². The fourth-order valence-electron chi connectivity index (χ4n) is 3.04. The number of amides is 1. The molecule has 0 radical (unpaired) electrons. The molecule has 1 amide bonds. The second-order valence-electron chi connectivity index (χ2n) is 7.63. The number of anilines is 1. The lowest BCUT2D eigenvalue weighted by Crippen LogP contribution is -2.27. The number of aryl methyl sites for hydroxylation is 2. The fourth-order valence-corrected chi connectivity index (χ4v) is 5.06. The molecule has 5 nitrogen and oxygen atoms in total. The molecule has 0 bridgehead atoms. The number of nitrogens with zero attached hydrogens (tertiary/aromatic N) is 1. The van der Waals surface area contributed by atoms with Gasteiger partial charge in [0.1, 0.15) is 0 Å². The summed E-state index contributed by atoms with van der Waals surface area (Å²) >= 11 is 1.77. The van der Waals surface area contributed by atoms with Crippen LogP contribution in [-0.4, -0.2) is 33.7 Å². The Hall–Kier alpha value is -2.77. The Balaban J connectivity index is 1.51. The van der Waals surface area contributed by atoms with E-state index in [1.165, 1.54) is 22.5 Å². The highest BCUT2D eigenvalue weighted by atomic mass is 32.2. The molecule has 3 rings (SSSR count). The first-order valence-electron chi connectivity index (χ1n) is 10.3. The Bertz CT molecular complexity index is 1140. The van der Waals surface area contributed by atoms with Gasteiger partial charge in [-0.2, -0.15) is 11.8 Å². The number of hydrogen-bond donors (Lipinski definition) is 1. The monoisotopic (exact) mass is 468 g/mol. The molecule has 0 saturated heterocycles. The van der Waals surface area contributed by atoms with Gasteiger partial charge >= 0.3 is 0 Å². The molecule has 0 unspecified atom stereocenters. The van der Waals surface area contributed by atoms with Crippen molar-refractivity contribution in [1.29, 1.82) is 0 Å². The summed E-state index contributed by atoms with van der Waals surface area (Å²) in [6.07, 6.45) is 0.